The van der Waals surface area contributed by atoms with Crippen LogP contribution in [-0.4, -0.2) is 45.9 Å². The molecule has 0 unspecified atom stereocenters. The summed E-state index contributed by atoms with van der Waals surface area (Å²) in [5.74, 6) is 0.848. The highest BCUT2D eigenvalue weighted by Gasteiger charge is 2.33. The van der Waals surface area contributed by atoms with E-state index in [1.165, 1.54) is 0 Å². The first-order valence-corrected chi connectivity index (χ1v) is 9.42. The van der Waals surface area contributed by atoms with Crippen molar-refractivity contribution in [3.63, 3.8) is 0 Å². The van der Waals surface area contributed by atoms with Gasteiger partial charge in [0.2, 0.25) is 0 Å². The van der Waals surface area contributed by atoms with Crippen LogP contribution in [0.25, 0.3) is 11.3 Å². The molecule has 1 aromatic carbocycles. The highest BCUT2D eigenvalue weighted by molar-refractivity contribution is 5.95. The lowest BCUT2D eigenvalue weighted by Crippen LogP contribution is -2.32. The van der Waals surface area contributed by atoms with Crippen LogP contribution in [0.5, 0.6) is 0 Å². The number of hydrogen-bond acceptors (Lipinski definition) is 5. The van der Waals surface area contributed by atoms with E-state index in [4.69, 9.17) is 0 Å². The number of pyridine rings is 1. The van der Waals surface area contributed by atoms with Crippen LogP contribution in [0.15, 0.2) is 61.1 Å². The summed E-state index contributed by atoms with van der Waals surface area (Å²) in [6.45, 7) is 0.544. The number of aromatic nitrogens is 3. The molecule has 2 aromatic heterocycles. The molecule has 0 N–H and O–H groups in total. The van der Waals surface area contributed by atoms with Gasteiger partial charge in [0.05, 0.1) is 30.3 Å². The van der Waals surface area contributed by atoms with Crippen molar-refractivity contribution in [2.75, 3.05) is 19.0 Å². The Labute approximate surface area is 164 Å². The lowest BCUT2D eigenvalue weighted by molar-refractivity contribution is 0.0728. The molecule has 3 aromatic rings. The van der Waals surface area contributed by atoms with Crippen LogP contribution in [0.2, 0.25) is 0 Å². The summed E-state index contributed by atoms with van der Waals surface area (Å²) >= 11 is 0. The van der Waals surface area contributed by atoms with Crippen LogP contribution in [-0.2, 0) is 6.54 Å². The van der Waals surface area contributed by atoms with Gasteiger partial charge in [0.15, 0.2) is 0 Å². The predicted molar refractivity (Wildman–Crippen MR) is 109 cm³/mol. The molecule has 28 heavy (non-hydrogen) atoms. The monoisotopic (exact) mass is 373 g/mol. The molecule has 1 saturated carbocycles. The zero-order valence-electron chi connectivity index (χ0n) is 16.1. The molecule has 1 aliphatic carbocycles. The lowest BCUT2D eigenvalue weighted by Gasteiger charge is -2.22. The smallest absolute Gasteiger partial charge is 0.254 e. The Balaban J connectivity index is 1.54. The van der Waals surface area contributed by atoms with Crippen LogP contribution in [0, 0.1) is 0 Å². The zero-order valence-corrected chi connectivity index (χ0v) is 16.1. The van der Waals surface area contributed by atoms with Gasteiger partial charge in [-0.05, 0) is 37.1 Å². The molecule has 0 saturated heterocycles. The van der Waals surface area contributed by atoms with E-state index in [1.807, 2.05) is 66.4 Å². The lowest BCUT2D eigenvalue weighted by atomic mass is 10.1. The first kappa shape index (κ1) is 18.1. The number of anilines is 1. The largest absolute Gasteiger partial charge is 0.361 e. The van der Waals surface area contributed by atoms with Gasteiger partial charge in [-0.3, -0.25) is 14.8 Å². The van der Waals surface area contributed by atoms with Gasteiger partial charge < -0.3 is 9.80 Å². The zero-order chi connectivity index (χ0) is 19.5. The molecule has 2 heterocycles. The number of amides is 1. The van der Waals surface area contributed by atoms with Gasteiger partial charge in [-0.15, -0.1) is 0 Å². The van der Waals surface area contributed by atoms with E-state index in [0.717, 1.165) is 35.6 Å². The molecule has 0 radical (unpaired) electrons. The fourth-order valence-corrected chi connectivity index (χ4v) is 3.08. The van der Waals surface area contributed by atoms with Gasteiger partial charge in [-0.25, -0.2) is 4.98 Å². The highest BCUT2D eigenvalue weighted by atomic mass is 16.2. The van der Waals surface area contributed by atoms with Gasteiger partial charge in [-0.2, -0.15) is 0 Å². The molecule has 1 aliphatic rings. The molecule has 1 fully saturated rings. The number of carbonyl (C=O) groups excluding carboxylic acids is 1. The maximum Gasteiger partial charge on any atom is 0.254 e. The van der Waals surface area contributed by atoms with Gasteiger partial charge in [0.25, 0.3) is 5.91 Å². The molecule has 142 valence electrons. The maximum absolute atomic E-state index is 13.1. The molecular formula is C22H23N5O. The Hall–Kier alpha value is -3.28. The van der Waals surface area contributed by atoms with E-state index >= 15 is 0 Å². The van der Waals surface area contributed by atoms with Gasteiger partial charge in [-0.1, -0.05) is 18.2 Å². The van der Waals surface area contributed by atoms with Gasteiger partial charge >= 0.3 is 0 Å². The first-order chi connectivity index (χ1) is 13.6. The van der Waals surface area contributed by atoms with Crippen LogP contribution in [0.1, 0.15) is 28.9 Å². The van der Waals surface area contributed by atoms with Crippen molar-refractivity contribution in [3.05, 3.63) is 72.3 Å². The molecule has 0 atom stereocenters. The Morgan fingerprint density at radius 1 is 1.07 bits per heavy atom. The van der Waals surface area contributed by atoms with Crippen LogP contribution in [0.4, 0.5) is 5.82 Å². The van der Waals surface area contributed by atoms with Crippen molar-refractivity contribution in [2.24, 2.45) is 0 Å². The summed E-state index contributed by atoms with van der Waals surface area (Å²) in [4.78, 5) is 30.2. The topological polar surface area (TPSA) is 62.2 Å². The number of nitrogens with zero attached hydrogens (tertiary/aromatic N) is 5. The van der Waals surface area contributed by atoms with Crippen LogP contribution in [0.3, 0.4) is 0 Å². The summed E-state index contributed by atoms with van der Waals surface area (Å²) in [5, 5.41) is 0. The summed E-state index contributed by atoms with van der Waals surface area (Å²) < 4.78 is 0. The van der Waals surface area contributed by atoms with Crippen molar-refractivity contribution in [1.82, 2.24) is 19.9 Å². The van der Waals surface area contributed by atoms with E-state index in [1.54, 1.807) is 18.6 Å². The van der Waals surface area contributed by atoms with E-state index in [-0.39, 0.29) is 5.91 Å². The van der Waals surface area contributed by atoms with Gasteiger partial charge in [0, 0.05) is 37.5 Å². The summed E-state index contributed by atoms with van der Waals surface area (Å²) in [5.41, 5.74) is 3.33. The minimum absolute atomic E-state index is 0.0489. The normalized spacial score (nSPS) is 13.2. The van der Waals surface area contributed by atoms with Crippen molar-refractivity contribution in [1.29, 1.82) is 0 Å². The molecule has 6 nitrogen and oxygen atoms in total. The van der Waals surface area contributed by atoms with E-state index in [9.17, 15) is 4.79 Å². The number of hydrogen-bond donors (Lipinski definition) is 0. The Bertz CT molecular complexity index is 952. The fraction of sp³-hybridized carbons (Fsp3) is 0.273. The molecule has 0 aliphatic heterocycles. The average Bonchev–Trinajstić information content (AvgIpc) is 3.58. The number of benzene rings is 1. The molecule has 0 bridgehead atoms. The van der Waals surface area contributed by atoms with E-state index < -0.39 is 0 Å². The van der Waals surface area contributed by atoms with Crippen LogP contribution < -0.4 is 4.90 Å². The van der Waals surface area contributed by atoms with Crippen LogP contribution >= 0.6 is 0 Å². The number of rotatable bonds is 6. The van der Waals surface area contributed by atoms with Crippen molar-refractivity contribution >= 4 is 11.7 Å². The standard InChI is InChI=1S/C22H23N5O/c1-26(2)21-14-23-13-20(25-21)16-6-8-17(9-7-16)22(28)27(19-10-11-19)15-18-5-3-4-12-24-18/h3-9,12-14,19H,10-11,15H2,1-2H3. The van der Waals surface area contributed by atoms with Crippen molar-refractivity contribution < 1.29 is 4.79 Å². The second kappa shape index (κ2) is 7.76. The predicted octanol–water partition coefficient (Wildman–Crippen LogP) is 3.41. The molecule has 1 amide bonds. The Morgan fingerprint density at radius 3 is 2.50 bits per heavy atom. The molecular weight excluding hydrogens is 350 g/mol. The fourth-order valence-electron chi connectivity index (χ4n) is 3.08. The minimum Gasteiger partial charge on any atom is -0.361 e. The summed E-state index contributed by atoms with van der Waals surface area (Å²) in [6.07, 6.45) is 7.35. The number of carbonyl (C=O) groups is 1. The molecule has 0 spiro atoms. The third-order valence-corrected chi connectivity index (χ3v) is 4.81. The molecule has 4 rings (SSSR count). The molecule has 6 heteroatoms. The SMILES string of the molecule is CN(C)c1cncc(-c2ccc(C(=O)N(Cc3ccccn3)C3CC3)cc2)n1. The highest BCUT2D eigenvalue weighted by Crippen LogP contribution is 2.30. The van der Waals surface area contributed by atoms with Crippen molar-refractivity contribution in [3.8, 4) is 11.3 Å². The van der Waals surface area contributed by atoms with E-state index in [2.05, 4.69) is 15.0 Å². The second-order valence-electron chi connectivity index (χ2n) is 7.22. The Kier molecular flexibility index (Phi) is 5.02. The van der Waals surface area contributed by atoms with Gasteiger partial charge in [0.1, 0.15) is 5.82 Å². The third-order valence-electron chi connectivity index (χ3n) is 4.81. The third kappa shape index (κ3) is 4.01. The minimum atomic E-state index is 0.0489. The maximum atomic E-state index is 13.1. The quantitative estimate of drug-likeness (QED) is 0.663. The first-order valence-electron chi connectivity index (χ1n) is 9.42. The second-order valence-corrected chi connectivity index (χ2v) is 7.22. The van der Waals surface area contributed by atoms with Crippen molar-refractivity contribution in [2.45, 2.75) is 25.4 Å². The summed E-state index contributed by atoms with van der Waals surface area (Å²) in [6, 6.07) is 13.7. The Morgan fingerprint density at radius 2 is 1.86 bits per heavy atom. The van der Waals surface area contributed by atoms with E-state index in [0.29, 0.717) is 18.2 Å². The average molecular weight is 373 g/mol. The summed E-state index contributed by atoms with van der Waals surface area (Å²) in [7, 11) is 3.87.